The minimum atomic E-state index is -0.655. The quantitative estimate of drug-likeness (QED) is 0.253. The first-order valence-corrected chi connectivity index (χ1v) is 14.1. The van der Waals surface area contributed by atoms with E-state index in [-0.39, 0.29) is 18.4 Å². The maximum absolute atomic E-state index is 14.0. The van der Waals surface area contributed by atoms with Crippen molar-refractivity contribution in [1.82, 2.24) is 25.1 Å². The number of hydrogen-bond donors (Lipinski definition) is 3. The molecule has 1 aliphatic heterocycles. The number of methoxy groups -OCH3 is 1. The third-order valence-electron chi connectivity index (χ3n) is 7.73. The SMILES string of the molecule is COC(=O)c1cc2cc(CNC(=O)c3cc(NC(=O)c4ccc(CN5CCN(C)CC5)c(CF)c4)ccc3C)cnc2[nH]1. The predicted molar refractivity (Wildman–Crippen MR) is 162 cm³/mol. The third-order valence-corrected chi connectivity index (χ3v) is 7.73. The number of anilines is 1. The Bertz CT molecular complexity index is 1660. The average molecular weight is 587 g/mol. The highest BCUT2D eigenvalue weighted by Gasteiger charge is 2.18. The highest BCUT2D eigenvalue weighted by molar-refractivity contribution is 6.05. The molecule has 4 aromatic rings. The molecule has 1 saturated heterocycles. The van der Waals surface area contributed by atoms with E-state index in [0.717, 1.165) is 48.3 Å². The Hall–Kier alpha value is -4.61. The van der Waals surface area contributed by atoms with Gasteiger partial charge in [0.1, 0.15) is 18.0 Å². The van der Waals surface area contributed by atoms with Crippen LogP contribution in [0, 0.1) is 6.92 Å². The number of aromatic nitrogens is 2. The lowest BCUT2D eigenvalue weighted by molar-refractivity contribution is 0.0594. The summed E-state index contributed by atoms with van der Waals surface area (Å²) in [4.78, 5) is 49.7. The molecule has 1 fully saturated rings. The minimum absolute atomic E-state index is 0.211. The molecule has 11 heteroatoms. The van der Waals surface area contributed by atoms with Gasteiger partial charge in [0.05, 0.1) is 7.11 Å². The summed E-state index contributed by atoms with van der Waals surface area (Å²) in [7, 11) is 3.40. The van der Waals surface area contributed by atoms with E-state index < -0.39 is 12.6 Å². The van der Waals surface area contributed by atoms with Gasteiger partial charge in [-0.25, -0.2) is 14.2 Å². The Morgan fingerprint density at radius 3 is 2.53 bits per heavy atom. The van der Waals surface area contributed by atoms with Crippen LogP contribution in [0.3, 0.4) is 0 Å². The van der Waals surface area contributed by atoms with Crippen LogP contribution in [-0.4, -0.2) is 77.9 Å². The molecule has 2 amide bonds. The Morgan fingerprint density at radius 1 is 1.00 bits per heavy atom. The molecule has 2 aromatic heterocycles. The first kappa shape index (κ1) is 29.9. The van der Waals surface area contributed by atoms with E-state index in [1.165, 1.54) is 7.11 Å². The maximum atomic E-state index is 14.0. The van der Waals surface area contributed by atoms with Crippen LogP contribution in [0.2, 0.25) is 0 Å². The molecule has 0 spiro atoms. The lowest BCUT2D eigenvalue weighted by Gasteiger charge is -2.32. The van der Waals surface area contributed by atoms with Crippen molar-refractivity contribution in [3.8, 4) is 0 Å². The van der Waals surface area contributed by atoms with Crippen molar-refractivity contribution in [1.29, 1.82) is 0 Å². The van der Waals surface area contributed by atoms with Crippen LogP contribution in [0.15, 0.2) is 54.7 Å². The summed E-state index contributed by atoms with van der Waals surface area (Å²) in [6, 6.07) is 13.7. The van der Waals surface area contributed by atoms with Gasteiger partial charge in [-0.3, -0.25) is 14.5 Å². The number of hydrogen-bond acceptors (Lipinski definition) is 7. The fraction of sp³-hybridized carbons (Fsp3) is 0.312. The van der Waals surface area contributed by atoms with E-state index in [0.29, 0.717) is 40.3 Å². The van der Waals surface area contributed by atoms with Crippen LogP contribution in [0.25, 0.3) is 11.0 Å². The van der Waals surface area contributed by atoms with E-state index >= 15 is 0 Å². The molecular weight excluding hydrogens is 551 g/mol. The van der Waals surface area contributed by atoms with E-state index in [9.17, 15) is 18.8 Å². The van der Waals surface area contributed by atoms with Crippen LogP contribution in [0.1, 0.15) is 53.5 Å². The number of piperazine rings is 1. The molecule has 0 radical (unpaired) electrons. The zero-order valence-electron chi connectivity index (χ0n) is 24.5. The zero-order valence-corrected chi connectivity index (χ0v) is 24.5. The number of pyridine rings is 1. The molecule has 0 aliphatic carbocycles. The fourth-order valence-corrected chi connectivity index (χ4v) is 5.10. The summed E-state index contributed by atoms with van der Waals surface area (Å²) in [5.41, 5.74) is 4.93. The summed E-state index contributed by atoms with van der Waals surface area (Å²) < 4.78 is 18.7. The number of alkyl halides is 1. The molecule has 0 unspecified atom stereocenters. The third kappa shape index (κ3) is 7.07. The predicted octanol–water partition coefficient (Wildman–Crippen LogP) is 4.06. The van der Waals surface area contributed by atoms with Crippen molar-refractivity contribution < 1.29 is 23.5 Å². The van der Waals surface area contributed by atoms with E-state index in [2.05, 4.69) is 37.4 Å². The van der Waals surface area contributed by atoms with Gasteiger partial charge in [-0.1, -0.05) is 12.1 Å². The summed E-state index contributed by atoms with van der Waals surface area (Å²) in [6.07, 6.45) is 1.62. The first-order chi connectivity index (χ1) is 20.7. The largest absolute Gasteiger partial charge is 0.464 e. The van der Waals surface area contributed by atoms with Gasteiger partial charge in [0.25, 0.3) is 11.8 Å². The number of carbonyl (C=O) groups is 3. The molecule has 43 heavy (non-hydrogen) atoms. The second-order valence-electron chi connectivity index (χ2n) is 10.8. The number of H-pyrrole nitrogens is 1. The van der Waals surface area contributed by atoms with E-state index in [1.54, 1.807) is 42.6 Å². The Kier molecular flexibility index (Phi) is 9.13. The van der Waals surface area contributed by atoms with Gasteiger partial charge in [-0.2, -0.15) is 0 Å². The molecule has 0 saturated carbocycles. The Labute approximate surface area is 249 Å². The standard InChI is InChI=1S/C32H35FN6O4/c1-20-4-7-26(36-30(40)22-5-6-23(25(13-22)16-33)19-39-10-8-38(2)9-11-39)15-27(20)31(41)35-18-21-12-24-14-28(32(42)43-3)37-29(24)34-17-21/h4-7,12-15,17H,8-11,16,18-19H2,1-3H3,(H,34,37)(H,35,41)(H,36,40). The number of benzene rings is 2. The molecule has 0 bridgehead atoms. The number of esters is 1. The molecular formula is C32H35FN6O4. The zero-order chi connectivity index (χ0) is 30.5. The monoisotopic (exact) mass is 586 g/mol. The van der Waals surface area contributed by atoms with E-state index in [1.807, 2.05) is 19.1 Å². The number of aromatic amines is 1. The number of amides is 2. The number of nitrogens with one attached hydrogen (secondary N) is 3. The smallest absolute Gasteiger partial charge is 0.354 e. The molecule has 2 aromatic carbocycles. The van der Waals surface area contributed by atoms with Crippen LogP contribution >= 0.6 is 0 Å². The van der Waals surface area contributed by atoms with E-state index in [4.69, 9.17) is 4.74 Å². The number of likely N-dealkylation sites (N-methyl/N-ethyl adjacent to an activating group) is 1. The lowest BCUT2D eigenvalue weighted by Crippen LogP contribution is -2.44. The number of fused-ring (bicyclic) bond motifs is 1. The Morgan fingerprint density at radius 2 is 1.79 bits per heavy atom. The van der Waals surface area contributed by atoms with Crippen molar-refractivity contribution >= 4 is 34.5 Å². The van der Waals surface area contributed by atoms with Crippen molar-refractivity contribution in [2.45, 2.75) is 26.7 Å². The summed E-state index contributed by atoms with van der Waals surface area (Å²) in [5, 5.41) is 6.45. The number of carbonyl (C=O) groups excluding carboxylic acids is 3. The van der Waals surface area contributed by atoms with Crippen molar-refractivity contribution in [2.24, 2.45) is 0 Å². The maximum Gasteiger partial charge on any atom is 0.354 e. The van der Waals surface area contributed by atoms with Gasteiger partial charge < -0.3 is 25.3 Å². The van der Waals surface area contributed by atoms with Crippen LogP contribution < -0.4 is 10.6 Å². The number of nitrogens with zero attached hydrogens (tertiary/aromatic N) is 3. The highest BCUT2D eigenvalue weighted by Crippen LogP contribution is 2.21. The van der Waals surface area contributed by atoms with Crippen LogP contribution in [0.4, 0.5) is 10.1 Å². The van der Waals surface area contributed by atoms with Crippen molar-refractivity contribution in [2.75, 3.05) is 45.7 Å². The molecule has 224 valence electrons. The molecule has 3 N–H and O–H groups in total. The molecule has 10 nitrogen and oxygen atoms in total. The summed E-state index contributed by atoms with van der Waals surface area (Å²) in [5.74, 6) is -1.18. The Balaban J connectivity index is 1.23. The van der Waals surface area contributed by atoms with Gasteiger partial charge in [0, 0.05) is 67.7 Å². The van der Waals surface area contributed by atoms with Gasteiger partial charge in [-0.05, 0) is 72.6 Å². The number of ether oxygens (including phenoxy) is 1. The van der Waals surface area contributed by atoms with Gasteiger partial charge in [0.2, 0.25) is 0 Å². The first-order valence-electron chi connectivity index (χ1n) is 14.1. The van der Waals surface area contributed by atoms with Crippen molar-refractivity contribution in [3.63, 3.8) is 0 Å². The number of halogens is 1. The lowest BCUT2D eigenvalue weighted by atomic mass is 10.0. The molecule has 1 aliphatic rings. The number of aryl methyl sites for hydroxylation is 1. The molecule has 0 atom stereocenters. The van der Waals surface area contributed by atoms with Gasteiger partial charge in [0.15, 0.2) is 0 Å². The minimum Gasteiger partial charge on any atom is -0.464 e. The summed E-state index contributed by atoms with van der Waals surface area (Å²) in [6.45, 7) is 5.81. The fourth-order valence-electron chi connectivity index (χ4n) is 5.10. The van der Waals surface area contributed by atoms with Crippen molar-refractivity contribution in [3.05, 3.63) is 93.8 Å². The normalized spacial score (nSPS) is 14.0. The molecule has 3 heterocycles. The summed E-state index contributed by atoms with van der Waals surface area (Å²) >= 11 is 0. The topological polar surface area (TPSA) is 120 Å². The van der Waals surface area contributed by atoms with Crippen LogP contribution in [-0.2, 0) is 24.5 Å². The molecule has 5 rings (SSSR count). The van der Waals surface area contributed by atoms with Gasteiger partial charge in [-0.15, -0.1) is 0 Å². The average Bonchev–Trinajstić information content (AvgIpc) is 3.45. The van der Waals surface area contributed by atoms with Gasteiger partial charge >= 0.3 is 5.97 Å². The van der Waals surface area contributed by atoms with Crippen LogP contribution in [0.5, 0.6) is 0 Å². The second kappa shape index (κ2) is 13.1. The number of rotatable bonds is 9. The highest BCUT2D eigenvalue weighted by atomic mass is 19.1. The second-order valence-corrected chi connectivity index (χ2v) is 10.8.